The van der Waals surface area contributed by atoms with Crippen LogP contribution in [0.5, 0.6) is 0 Å². The Morgan fingerprint density at radius 2 is 2.25 bits per heavy atom. The molecule has 0 fully saturated rings. The maximum Gasteiger partial charge on any atom is 0.177 e. The maximum atomic E-state index is 11.2. The van der Waals surface area contributed by atoms with Crippen LogP contribution < -0.4 is 5.73 Å². The van der Waals surface area contributed by atoms with E-state index in [9.17, 15) is 4.79 Å². The molecule has 0 heterocycles. The van der Waals surface area contributed by atoms with E-state index in [1.54, 1.807) is 0 Å². The standard InChI is InChI=1S/C9H10BrNO/c1-6-2-3-8(10)7(4-6)9(12)5-11/h2-4H,5,11H2,1H3. The molecule has 0 aliphatic heterocycles. The van der Waals surface area contributed by atoms with Crippen molar-refractivity contribution in [1.29, 1.82) is 0 Å². The molecule has 1 rings (SSSR count). The number of halogens is 1. The Kier molecular flexibility index (Phi) is 3.00. The molecule has 2 N–H and O–H groups in total. The lowest BCUT2D eigenvalue weighted by atomic mass is 10.1. The summed E-state index contributed by atoms with van der Waals surface area (Å²) in [5, 5.41) is 0. The fourth-order valence-electron chi connectivity index (χ4n) is 0.963. The zero-order chi connectivity index (χ0) is 9.14. The first kappa shape index (κ1) is 9.42. The van der Waals surface area contributed by atoms with Crippen LogP contribution in [-0.4, -0.2) is 12.3 Å². The van der Waals surface area contributed by atoms with Gasteiger partial charge in [-0.1, -0.05) is 27.6 Å². The Bertz CT molecular complexity index is 309. The van der Waals surface area contributed by atoms with Gasteiger partial charge in [-0.25, -0.2) is 0 Å². The molecule has 2 nitrogen and oxygen atoms in total. The van der Waals surface area contributed by atoms with Crippen LogP contribution in [0.2, 0.25) is 0 Å². The molecule has 1 aromatic rings. The van der Waals surface area contributed by atoms with E-state index < -0.39 is 0 Å². The van der Waals surface area contributed by atoms with E-state index in [-0.39, 0.29) is 12.3 Å². The summed E-state index contributed by atoms with van der Waals surface area (Å²) in [4.78, 5) is 11.2. The molecule has 0 amide bonds. The molecule has 12 heavy (non-hydrogen) atoms. The molecule has 3 heteroatoms. The first-order chi connectivity index (χ1) is 5.65. The van der Waals surface area contributed by atoms with Crippen LogP contribution in [0.1, 0.15) is 15.9 Å². The van der Waals surface area contributed by atoms with Crippen molar-refractivity contribution in [3.8, 4) is 0 Å². The zero-order valence-electron chi connectivity index (χ0n) is 6.80. The third-order valence-electron chi connectivity index (χ3n) is 1.61. The van der Waals surface area contributed by atoms with Crippen molar-refractivity contribution in [3.63, 3.8) is 0 Å². The SMILES string of the molecule is Cc1ccc(Br)c(C(=O)CN)c1. The molecular formula is C9H10BrNO. The molecule has 0 saturated heterocycles. The number of carbonyl (C=O) groups excluding carboxylic acids is 1. The van der Waals surface area contributed by atoms with Gasteiger partial charge in [0.1, 0.15) is 0 Å². The van der Waals surface area contributed by atoms with Gasteiger partial charge in [-0.15, -0.1) is 0 Å². The molecule has 0 aliphatic carbocycles. The highest BCUT2D eigenvalue weighted by molar-refractivity contribution is 9.10. The lowest BCUT2D eigenvalue weighted by molar-refractivity contribution is 0.100. The average Bonchev–Trinajstić information content (AvgIpc) is 2.08. The fraction of sp³-hybridized carbons (Fsp3) is 0.222. The molecule has 0 aliphatic rings. The van der Waals surface area contributed by atoms with Crippen LogP contribution in [0.25, 0.3) is 0 Å². The molecule has 0 spiro atoms. The van der Waals surface area contributed by atoms with Gasteiger partial charge in [0, 0.05) is 10.0 Å². The lowest BCUT2D eigenvalue weighted by Gasteiger charge is -2.02. The van der Waals surface area contributed by atoms with Gasteiger partial charge < -0.3 is 5.73 Å². The molecule has 0 bridgehead atoms. The third-order valence-corrected chi connectivity index (χ3v) is 2.30. The van der Waals surface area contributed by atoms with Crippen LogP contribution in [0.3, 0.4) is 0 Å². The number of aryl methyl sites for hydroxylation is 1. The second-order valence-corrected chi connectivity index (χ2v) is 3.46. The average molecular weight is 228 g/mol. The topological polar surface area (TPSA) is 43.1 Å². The smallest absolute Gasteiger partial charge is 0.177 e. The number of Topliss-reactive ketones (excluding diaryl/α,β-unsaturated/α-hetero) is 1. The summed E-state index contributed by atoms with van der Waals surface area (Å²) in [5.74, 6) is -0.0365. The summed E-state index contributed by atoms with van der Waals surface area (Å²) in [7, 11) is 0. The van der Waals surface area contributed by atoms with E-state index in [1.807, 2.05) is 25.1 Å². The molecule has 0 radical (unpaired) electrons. The molecule has 0 saturated carbocycles. The minimum Gasteiger partial charge on any atom is -0.324 e. The van der Waals surface area contributed by atoms with Gasteiger partial charge in [-0.2, -0.15) is 0 Å². The van der Waals surface area contributed by atoms with Gasteiger partial charge in [-0.3, -0.25) is 4.79 Å². The summed E-state index contributed by atoms with van der Waals surface area (Å²) >= 11 is 3.30. The number of hydrogen-bond acceptors (Lipinski definition) is 2. The van der Waals surface area contributed by atoms with Crippen molar-refractivity contribution < 1.29 is 4.79 Å². The highest BCUT2D eigenvalue weighted by Gasteiger charge is 2.07. The molecule has 0 aromatic heterocycles. The number of ketones is 1. The van der Waals surface area contributed by atoms with Crippen molar-refractivity contribution in [1.82, 2.24) is 0 Å². The second-order valence-electron chi connectivity index (χ2n) is 2.61. The first-order valence-electron chi connectivity index (χ1n) is 3.64. The summed E-state index contributed by atoms with van der Waals surface area (Å²) in [6.45, 7) is 2.00. The number of benzene rings is 1. The summed E-state index contributed by atoms with van der Waals surface area (Å²) < 4.78 is 0.809. The Balaban J connectivity index is 3.13. The van der Waals surface area contributed by atoms with Crippen LogP contribution in [0.15, 0.2) is 22.7 Å². The van der Waals surface area contributed by atoms with E-state index in [4.69, 9.17) is 5.73 Å². The summed E-state index contributed by atoms with van der Waals surface area (Å²) in [6, 6.07) is 5.63. The van der Waals surface area contributed by atoms with E-state index in [0.717, 1.165) is 10.0 Å². The monoisotopic (exact) mass is 227 g/mol. The Labute approximate surface area is 79.9 Å². The Morgan fingerprint density at radius 1 is 1.58 bits per heavy atom. The van der Waals surface area contributed by atoms with Crippen molar-refractivity contribution >= 4 is 21.7 Å². The van der Waals surface area contributed by atoms with Crippen LogP contribution in [0, 0.1) is 6.92 Å². The fourth-order valence-corrected chi connectivity index (χ4v) is 1.43. The van der Waals surface area contributed by atoms with Crippen molar-refractivity contribution in [2.45, 2.75) is 6.92 Å². The van der Waals surface area contributed by atoms with Crippen LogP contribution in [-0.2, 0) is 0 Å². The Morgan fingerprint density at radius 3 is 2.83 bits per heavy atom. The predicted octanol–water partition coefficient (Wildman–Crippen LogP) is 1.90. The predicted molar refractivity (Wildman–Crippen MR) is 52.3 cm³/mol. The van der Waals surface area contributed by atoms with Gasteiger partial charge in [0.25, 0.3) is 0 Å². The van der Waals surface area contributed by atoms with Gasteiger partial charge in [-0.05, 0) is 19.1 Å². The van der Waals surface area contributed by atoms with Gasteiger partial charge in [0.05, 0.1) is 6.54 Å². The largest absolute Gasteiger partial charge is 0.324 e. The van der Waals surface area contributed by atoms with Crippen molar-refractivity contribution in [2.75, 3.05) is 6.54 Å². The summed E-state index contributed by atoms with van der Waals surface area (Å²) in [6.07, 6.45) is 0. The molecular weight excluding hydrogens is 218 g/mol. The van der Waals surface area contributed by atoms with E-state index >= 15 is 0 Å². The van der Waals surface area contributed by atoms with Crippen molar-refractivity contribution in [2.24, 2.45) is 5.73 Å². The number of nitrogens with two attached hydrogens (primary N) is 1. The first-order valence-corrected chi connectivity index (χ1v) is 4.44. The Hall–Kier alpha value is -0.670. The van der Waals surface area contributed by atoms with Gasteiger partial charge in [0.2, 0.25) is 0 Å². The number of hydrogen-bond donors (Lipinski definition) is 1. The summed E-state index contributed by atoms with van der Waals surface area (Å²) in [5.41, 5.74) is 6.98. The quantitative estimate of drug-likeness (QED) is 0.785. The second kappa shape index (κ2) is 3.83. The van der Waals surface area contributed by atoms with Gasteiger partial charge >= 0.3 is 0 Å². The van der Waals surface area contributed by atoms with Gasteiger partial charge in [0.15, 0.2) is 5.78 Å². The van der Waals surface area contributed by atoms with Crippen molar-refractivity contribution in [3.05, 3.63) is 33.8 Å². The number of carbonyl (C=O) groups is 1. The lowest BCUT2D eigenvalue weighted by Crippen LogP contribution is -2.14. The van der Waals surface area contributed by atoms with Crippen LogP contribution in [0.4, 0.5) is 0 Å². The minimum absolute atomic E-state index is 0.0365. The maximum absolute atomic E-state index is 11.2. The highest BCUT2D eigenvalue weighted by atomic mass is 79.9. The third kappa shape index (κ3) is 1.93. The van der Waals surface area contributed by atoms with E-state index in [2.05, 4.69) is 15.9 Å². The van der Waals surface area contributed by atoms with E-state index in [0.29, 0.717) is 5.56 Å². The molecule has 0 atom stereocenters. The molecule has 0 unspecified atom stereocenters. The zero-order valence-corrected chi connectivity index (χ0v) is 8.39. The minimum atomic E-state index is -0.0365. The normalized spacial score (nSPS) is 9.92. The van der Waals surface area contributed by atoms with E-state index in [1.165, 1.54) is 0 Å². The van der Waals surface area contributed by atoms with Crippen LogP contribution >= 0.6 is 15.9 Å². The number of rotatable bonds is 2. The molecule has 64 valence electrons. The molecule has 1 aromatic carbocycles. The highest BCUT2D eigenvalue weighted by Crippen LogP contribution is 2.18.